The summed E-state index contributed by atoms with van der Waals surface area (Å²) in [5.41, 5.74) is 1.61. The van der Waals surface area contributed by atoms with Crippen LogP contribution in [0, 0.1) is 6.92 Å². The van der Waals surface area contributed by atoms with Crippen LogP contribution in [0.4, 0.5) is 8.78 Å². The van der Waals surface area contributed by atoms with Crippen LogP contribution < -0.4 is 15.4 Å². The second kappa shape index (κ2) is 8.85. The molecule has 0 fully saturated rings. The monoisotopic (exact) mass is 337 g/mol. The first kappa shape index (κ1) is 17.7. The van der Waals surface area contributed by atoms with Gasteiger partial charge in [0, 0.05) is 38.1 Å². The second-order valence-corrected chi connectivity index (χ2v) is 5.11. The Kier molecular flexibility index (Phi) is 6.53. The number of nitrogens with zero attached hydrogens (tertiary/aromatic N) is 3. The number of hydrogen-bond acceptors (Lipinski definition) is 3. The van der Waals surface area contributed by atoms with Gasteiger partial charge in [-0.05, 0) is 19.1 Å². The second-order valence-electron chi connectivity index (χ2n) is 5.11. The predicted octanol–water partition coefficient (Wildman–Crippen LogP) is 2.16. The number of aryl methyl sites for hydroxylation is 1. The Labute approximate surface area is 139 Å². The van der Waals surface area contributed by atoms with E-state index in [1.807, 2.05) is 25.3 Å². The van der Waals surface area contributed by atoms with Gasteiger partial charge in [-0.2, -0.15) is 13.9 Å². The van der Waals surface area contributed by atoms with Gasteiger partial charge >= 0.3 is 6.61 Å². The Hall–Kier alpha value is -2.64. The number of guanidine groups is 1. The third-order valence-electron chi connectivity index (χ3n) is 3.29. The summed E-state index contributed by atoms with van der Waals surface area (Å²) in [6.07, 6.45) is 3.59. The maximum Gasteiger partial charge on any atom is 0.387 e. The average molecular weight is 337 g/mol. The lowest BCUT2D eigenvalue weighted by atomic mass is 10.1. The number of ether oxygens (including phenoxy) is 1. The van der Waals surface area contributed by atoms with Crippen molar-refractivity contribution < 1.29 is 13.5 Å². The largest absolute Gasteiger partial charge is 0.434 e. The van der Waals surface area contributed by atoms with E-state index >= 15 is 0 Å². The minimum Gasteiger partial charge on any atom is -0.434 e. The van der Waals surface area contributed by atoms with Crippen LogP contribution in [-0.2, 0) is 13.1 Å². The Balaban J connectivity index is 1.89. The first-order chi connectivity index (χ1) is 11.6. The molecular formula is C16H21F2N5O. The van der Waals surface area contributed by atoms with Crippen LogP contribution in [0.25, 0.3) is 0 Å². The highest BCUT2D eigenvalue weighted by Crippen LogP contribution is 2.21. The van der Waals surface area contributed by atoms with E-state index < -0.39 is 6.61 Å². The number of aromatic nitrogens is 2. The van der Waals surface area contributed by atoms with Gasteiger partial charge in [-0.3, -0.25) is 9.67 Å². The maximum absolute atomic E-state index is 12.5. The van der Waals surface area contributed by atoms with Gasteiger partial charge in [0.05, 0.1) is 6.54 Å². The molecular weight excluding hydrogens is 316 g/mol. The van der Waals surface area contributed by atoms with Crippen LogP contribution in [0.5, 0.6) is 5.75 Å². The zero-order chi connectivity index (χ0) is 17.4. The highest BCUT2D eigenvalue weighted by Gasteiger charge is 2.10. The molecule has 1 aromatic heterocycles. The van der Waals surface area contributed by atoms with Crippen molar-refractivity contribution in [2.45, 2.75) is 26.6 Å². The van der Waals surface area contributed by atoms with Crippen LogP contribution in [0.3, 0.4) is 0 Å². The minimum atomic E-state index is -2.85. The molecule has 0 amide bonds. The molecule has 2 aromatic rings. The molecule has 1 heterocycles. The van der Waals surface area contributed by atoms with Gasteiger partial charge in [0.15, 0.2) is 5.96 Å². The van der Waals surface area contributed by atoms with Crippen molar-refractivity contribution in [1.29, 1.82) is 0 Å². The molecule has 0 saturated heterocycles. The molecule has 0 spiro atoms. The van der Waals surface area contributed by atoms with Crippen LogP contribution in [0.15, 0.2) is 41.7 Å². The molecule has 0 atom stereocenters. The van der Waals surface area contributed by atoms with E-state index in [-0.39, 0.29) is 5.75 Å². The summed E-state index contributed by atoms with van der Waals surface area (Å²) in [6.45, 7) is 0.698. The Morgan fingerprint density at radius 2 is 2.21 bits per heavy atom. The fraction of sp³-hybridized carbons (Fsp3) is 0.375. The fourth-order valence-corrected chi connectivity index (χ4v) is 2.18. The lowest BCUT2D eigenvalue weighted by molar-refractivity contribution is -0.0504. The summed E-state index contributed by atoms with van der Waals surface area (Å²) in [6, 6.07) is 6.95. The Bertz CT molecular complexity index is 658. The van der Waals surface area contributed by atoms with E-state index in [1.54, 1.807) is 30.1 Å². The van der Waals surface area contributed by atoms with Crippen molar-refractivity contribution in [3.63, 3.8) is 0 Å². The van der Waals surface area contributed by atoms with Crippen molar-refractivity contribution in [2.75, 3.05) is 13.6 Å². The van der Waals surface area contributed by atoms with Crippen molar-refractivity contribution in [3.05, 3.63) is 47.8 Å². The summed E-state index contributed by atoms with van der Waals surface area (Å²) in [5, 5.41) is 10.3. The summed E-state index contributed by atoms with van der Waals surface area (Å²) < 4.78 is 31.3. The van der Waals surface area contributed by atoms with E-state index in [0.29, 0.717) is 31.2 Å². The van der Waals surface area contributed by atoms with Crippen molar-refractivity contribution in [3.8, 4) is 5.75 Å². The smallest absolute Gasteiger partial charge is 0.387 e. The number of halogens is 2. The van der Waals surface area contributed by atoms with Gasteiger partial charge < -0.3 is 15.4 Å². The Morgan fingerprint density at radius 3 is 2.88 bits per heavy atom. The molecule has 1 aromatic carbocycles. The topological polar surface area (TPSA) is 63.5 Å². The summed E-state index contributed by atoms with van der Waals surface area (Å²) in [4.78, 5) is 4.11. The standard InChI is InChI=1S/C16H21F2N5O/c1-12-4-5-14(24-15(17)18)13(10-12)11-21-16(19-2)20-7-9-23-8-3-6-22-23/h3-6,8,10,15H,7,9,11H2,1-2H3,(H2,19,20,21). The van der Waals surface area contributed by atoms with Gasteiger partial charge in [-0.15, -0.1) is 0 Å². The number of rotatable bonds is 7. The molecule has 0 radical (unpaired) electrons. The first-order valence-corrected chi connectivity index (χ1v) is 7.55. The summed E-state index contributed by atoms with van der Waals surface area (Å²) in [7, 11) is 1.65. The third-order valence-corrected chi connectivity index (χ3v) is 3.29. The van der Waals surface area contributed by atoms with Gasteiger partial charge in [0.25, 0.3) is 0 Å². The van der Waals surface area contributed by atoms with Crippen LogP contribution in [0.1, 0.15) is 11.1 Å². The molecule has 0 aliphatic carbocycles. The SMILES string of the molecule is CN=C(NCCn1cccn1)NCc1cc(C)ccc1OC(F)F. The molecule has 0 aliphatic rings. The number of hydrogen-bond donors (Lipinski definition) is 2. The highest BCUT2D eigenvalue weighted by atomic mass is 19.3. The fourth-order valence-electron chi connectivity index (χ4n) is 2.18. The van der Waals surface area contributed by atoms with E-state index in [4.69, 9.17) is 0 Å². The summed E-state index contributed by atoms with van der Waals surface area (Å²) >= 11 is 0. The van der Waals surface area contributed by atoms with Crippen molar-refractivity contribution in [1.82, 2.24) is 20.4 Å². The number of aliphatic imine (C=N–C) groups is 1. The normalized spacial score (nSPS) is 11.6. The molecule has 0 unspecified atom stereocenters. The third kappa shape index (κ3) is 5.53. The molecule has 2 N–H and O–H groups in total. The predicted molar refractivity (Wildman–Crippen MR) is 88.2 cm³/mol. The highest BCUT2D eigenvalue weighted by molar-refractivity contribution is 5.79. The molecule has 24 heavy (non-hydrogen) atoms. The molecule has 6 nitrogen and oxygen atoms in total. The summed E-state index contributed by atoms with van der Waals surface area (Å²) in [5.74, 6) is 0.738. The van der Waals surface area contributed by atoms with Crippen LogP contribution in [-0.4, -0.2) is 35.9 Å². The van der Waals surface area contributed by atoms with E-state index in [9.17, 15) is 8.78 Å². The zero-order valence-corrected chi connectivity index (χ0v) is 13.7. The lowest BCUT2D eigenvalue weighted by Gasteiger charge is -2.15. The minimum absolute atomic E-state index is 0.162. The molecule has 0 bridgehead atoms. The molecule has 8 heteroatoms. The quantitative estimate of drug-likeness (QED) is 0.600. The zero-order valence-electron chi connectivity index (χ0n) is 13.7. The molecule has 0 saturated carbocycles. The number of nitrogens with one attached hydrogen (secondary N) is 2. The molecule has 2 rings (SSSR count). The van der Waals surface area contributed by atoms with Crippen molar-refractivity contribution >= 4 is 5.96 Å². The molecule has 130 valence electrons. The van der Waals surface area contributed by atoms with Gasteiger partial charge in [0.2, 0.25) is 0 Å². The number of benzene rings is 1. The lowest BCUT2D eigenvalue weighted by Crippen LogP contribution is -2.38. The molecule has 0 aliphatic heterocycles. The van der Waals surface area contributed by atoms with E-state index in [2.05, 4.69) is 25.5 Å². The van der Waals surface area contributed by atoms with E-state index in [1.165, 1.54) is 0 Å². The Morgan fingerprint density at radius 1 is 1.38 bits per heavy atom. The van der Waals surface area contributed by atoms with Crippen molar-refractivity contribution in [2.24, 2.45) is 4.99 Å². The van der Waals surface area contributed by atoms with E-state index in [0.717, 1.165) is 5.56 Å². The number of alkyl halides is 2. The maximum atomic E-state index is 12.5. The van der Waals surface area contributed by atoms with Gasteiger partial charge in [0.1, 0.15) is 5.75 Å². The van der Waals surface area contributed by atoms with Crippen LogP contribution in [0.2, 0.25) is 0 Å². The average Bonchev–Trinajstić information content (AvgIpc) is 3.06. The van der Waals surface area contributed by atoms with Gasteiger partial charge in [-0.25, -0.2) is 0 Å². The van der Waals surface area contributed by atoms with Crippen LogP contribution >= 0.6 is 0 Å². The van der Waals surface area contributed by atoms with Gasteiger partial charge in [-0.1, -0.05) is 17.7 Å². The first-order valence-electron chi connectivity index (χ1n) is 7.55.